The number of nitrogens with zero attached hydrogens (tertiary/aromatic N) is 1. The first-order valence-electron chi connectivity index (χ1n) is 4.72. The van der Waals surface area contributed by atoms with Crippen molar-refractivity contribution in [1.82, 2.24) is 0 Å². The molecule has 2 rings (SSSR count). The van der Waals surface area contributed by atoms with E-state index in [1.807, 2.05) is 0 Å². The van der Waals surface area contributed by atoms with E-state index in [0.717, 1.165) is 0 Å². The first kappa shape index (κ1) is 12.7. The van der Waals surface area contributed by atoms with Crippen LogP contribution >= 0.6 is 0 Å². The number of halogens is 3. The highest BCUT2D eigenvalue weighted by Gasteiger charge is 2.42. The van der Waals surface area contributed by atoms with Crippen LogP contribution in [0.1, 0.15) is 10.4 Å². The van der Waals surface area contributed by atoms with Crippen molar-refractivity contribution >= 4 is 21.4 Å². The second-order valence-corrected chi connectivity index (χ2v) is 5.79. The second-order valence-electron chi connectivity index (χ2n) is 3.60. The molecule has 0 saturated carbocycles. The van der Waals surface area contributed by atoms with E-state index in [1.165, 1.54) is 24.3 Å². The first-order chi connectivity index (χ1) is 8.24. The smallest absolute Gasteiger partial charge is 0.288 e. The molecule has 8 heteroatoms. The highest BCUT2D eigenvalue weighted by molar-refractivity contribution is 7.95. The van der Waals surface area contributed by atoms with Gasteiger partial charge in [0.2, 0.25) is 5.78 Å². The van der Waals surface area contributed by atoms with Gasteiger partial charge in [-0.05, 0) is 12.1 Å². The molecule has 0 N–H and O–H groups in total. The highest BCUT2D eigenvalue weighted by atomic mass is 32.2. The zero-order valence-electron chi connectivity index (χ0n) is 8.73. The molecule has 1 aromatic rings. The lowest BCUT2D eigenvalue weighted by atomic mass is 10.2. The molecule has 1 aromatic carbocycles. The molecule has 1 atom stereocenters. The summed E-state index contributed by atoms with van der Waals surface area (Å²) in [6.45, 7) is 0. The SMILES string of the molecule is O=C1N=S(=O)(CC(=O)C(F)(F)F)c2ccccc21. The Morgan fingerprint density at radius 1 is 1.28 bits per heavy atom. The van der Waals surface area contributed by atoms with Crippen LogP contribution in [0, 0.1) is 0 Å². The average molecular weight is 277 g/mol. The molecule has 4 nitrogen and oxygen atoms in total. The number of carbonyl (C=O) groups is 2. The number of Topliss-reactive ketones (excluding diaryl/α,β-unsaturated/α-hetero) is 1. The molecule has 96 valence electrons. The molecule has 1 unspecified atom stereocenters. The molecule has 0 bridgehead atoms. The Kier molecular flexibility index (Phi) is 2.77. The highest BCUT2D eigenvalue weighted by Crippen LogP contribution is 2.29. The predicted octanol–water partition coefficient (Wildman–Crippen LogP) is 1.80. The zero-order valence-corrected chi connectivity index (χ0v) is 9.55. The van der Waals surface area contributed by atoms with Gasteiger partial charge in [-0.15, -0.1) is 0 Å². The Balaban J connectivity index is 2.47. The van der Waals surface area contributed by atoms with Crippen molar-refractivity contribution in [3.63, 3.8) is 0 Å². The number of carbonyl (C=O) groups excluding carboxylic acids is 2. The van der Waals surface area contributed by atoms with Crippen LogP contribution in [0.5, 0.6) is 0 Å². The summed E-state index contributed by atoms with van der Waals surface area (Å²) >= 11 is 0. The zero-order chi connectivity index (χ0) is 13.6. The third kappa shape index (κ3) is 2.03. The molecule has 0 saturated heterocycles. The van der Waals surface area contributed by atoms with Gasteiger partial charge in [0.25, 0.3) is 5.91 Å². The molecule has 0 fully saturated rings. The fraction of sp³-hybridized carbons (Fsp3) is 0.200. The molecule has 0 aliphatic carbocycles. The lowest BCUT2D eigenvalue weighted by molar-refractivity contribution is -0.168. The van der Waals surface area contributed by atoms with Gasteiger partial charge in [-0.25, -0.2) is 4.21 Å². The van der Waals surface area contributed by atoms with Crippen LogP contribution < -0.4 is 0 Å². The molecule has 1 heterocycles. The van der Waals surface area contributed by atoms with Gasteiger partial charge < -0.3 is 0 Å². The summed E-state index contributed by atoms with van der Waals surface area (Å²) in [5.41, 5.74) is -0.0162. The van der Waals surface area contributed by atoms with Gasteiger partial charge >= 0.3 is 6.18 Å². The van der Waals surface area contributed by atoms with Crippen LogP contribution in [-0.4, -0.2) is 27.8 Å². The Labute approximate surface area is 100.0 Å². The molecule has 1 aliphatic heterocycles. The third-order valence-electron chi connectivity index (χ3n) is 2.33. The summed E-state index contributed by atoms with van der Waals surface area (Å²) in [5, 5.41) is 0. The number of benzene rings is 1. The van der Waals surface area contributed by atoms with Crippen LogP contribution in [0.15, 0.2) is 33.5 Å². The van der Waals surface area contributed by atoms with E-state index in [2.05, 4.69) is 4.36 Å². The van der Waals surface area contributed by atoms with E-state index >= 15 is 0 Å². The van der Waals surface area contributed by atoms with Crippen molar-refractivity contribution in [3.8, 4) is 0 Å². The van der Waals surface area contributed by atoms with Crippen molar-refractivity contribution in [2.75, 3.05) is 5.75 Å². The monoisotopic (exact) mass is 277 g/mol. The fourth-order valence-corrected chi connectivity index (χ4v) is 3.52. The summed E-state index contributed by atoms with van der Waals surface area (Å²) in [6, 6.07) is 5.45. The molecule has 18 heavy (non-hydrogen) atoms. The van der Waals surface area contributed by atoms with E-state index in [1.54, 1.807) is 0 Å². The third-order valence-corrected chi connectivity index (χ3v) is 4.49. The fourth-order valence-electron chi connectivity index (χ4n) is 1.52. The normalized spacial score (nSPS) is 22.5. The number of alkyl halides is 3. The number of hydrogen-bond donors (Lipinski definition) is 0. The predicted molar refractivity (Wildman–Crippen MR) is 55.5 cm³/mol. The van der Waals surface area contributed by atoms with E-state index in [4.69, 9.17) is 0 Å². The van der Waals surface area contributed by atoms with Crippen molar-refractivity contribution in [3.05, 3.63) is 29.8 Å². The van der Waals surface area contributed by atoms with Crippen molar-refractivity contribution in [2.45, 2.75) is 11.1 Å². The minimum atomic E-state index is -5.08. The van der Waals surface area contributed by atoms with E-state index < -0.39 is 33.3 Å². The molecular weight excluding hydrogens is 271 g/mol. The van der Waals surface area contributed by atoms with Gasteiger partial charge in [0, 0.05) is 0 Å². The molecule has 0 aromatic heterocycles. The Morgan fingerprint density at radius 2 is 1.89 bits per heavy atom. The van der Waals surface area contributed by atoms with Crippen LogP contribution in [0.3, 0.4) is 0 Å². The summed E-state index contributed by atoms with van der Waals surface area (Å²) < 4.78 is 51.8. The largest absolute Gasteiger partial charge is 0.451 e. The van der Waals surface area contributed by atoms with Gasteiger partial charge in [0.05, 0.1) is 20.2 Å². The average Bonchev–Trinajstić information content (AvgIpc) is 2.51. The number of rotatable bonds is 2. The first-order valence-corrected chi connectivity index (χ1v) is 6.41. The van der Waals surface area contributed by atoms with Crippen LogP contribution in [-0.2, 0) is 14.5 Å². The summed E-state index contributed by atoms with van der Waals surface area (Å²) in [5.74, 6) is -4.33. The number of fused-ring (bicyclic) bond motifs is 1. The molecule has 0 spiro atoms. The van der Waals surface area contributed by atoms with E-state index in [-0.39, 0.29) is 10.5 Å². The summed E-state index contributed by atoms with van der Waals surface area (Å²) in [4.78, 5) is 22.1. The van der Waals surface area contributed by atoms with Gasteiger partial charge in [-0.2, -0.15) is 17.5 Å². The lowest BCUT2D eigenvalue weighted by Gasteiger charge is -2.07. The summed E-state index contributed by atoms with van der Waals surface area (Å²) in [7, 11) is -3.64. The van der Waals surface area contributed by atoms with Crippen LogP contribution in [0.2, 0.25) is 0 Å². The Bertz CT molecular complexity index is 657. The minimum Gasteiger partial charge on any atom is -0.288 e. The maximum Gasteiger partial charge on any atom is 0.451 e. The number of ketones is 1. The van der Waals surface area contributed by atoms with Crippen molar-refractivity contribution < 1.29 is 27.0 Å². The molecular formula is C10H6F3NO3S. The van der Waals surface area contributed by atoms with Gasteiger partial charge in [0.15, 0.2) is 0 Å². The summed E-state index contributed by atoms with van der Waals surface area (Å²) in [6.07, 6.45) is -5.08. The van der Waals surface area contributed by atoms with Crippen molar-refractivity contribution in [1.29, 1.82) is 0 Å². The lowest BCUT2D eigenvalue weighted by Crippen LogP contribution is -2.29. The molecule has 1 aliphatic rings. The van der Waals surface area contributed by atoms with E-state index in [0.29, 0.717) is 0 Å². The molecule has 1 amide bonds. The molecule has 0 radical (unpaired) electrons. The van der Waals surface area contributed by atoms with Crippen LogP contribution in [0.25, 0.3) is 0 Å². The maximum atomic E-state index is 12.2. The Morgan fingerprint density at radius 3 is 2.50 bits per heavy atom. The Hall–Kier alpha value is -1.70. The maximum absolute atomic E-state index is 12.2. The standard InChI is InChI=1S/C10H6F3NO3S/c11-10(12,13)8(15)5-18(17)7-4-2-1-3-6(7)9(16)14-18/h1-4H,5H2. The van der Waals surface area contributed by atoms with Gasteiger partial charge in [-0.3, -0.25) is 9.59 Å². The quantitative estimate of drug-likeness (QED) is 0.828. The number of hydrogen-bond acceptors (Lipinski definition) is 3. The van der Waals surface area contributed by atoms with Crippen molar-refractivity contribution in [2.24, 2.45) is 4.36 Å². The topological polar surface area (TPSA) is 63.6 Å². The number of amides is 1. The van der Waals surface area contributed by atoms with E-state index in [9.17, 15) is 27.0 Å². The van der Waals surface area contributed by atoms with Gasteiger partial charge in [-0.1, -0.05) is 12.1 Å². The van der Waals surface area contributed by atoms with Gasteiger partial charge in [0.1, 0.15) is 5.75 Å². The van der Waals surface area contributed by atoms with Crippen LogP contribution in [0.4, 0.5) is 13.2 Å². The second kappa shape index (κ2) is 3.91. The minimum absolute atomic E-state index is 0.0162.